The average molecular weight is 388 g/mol. The van der Waals surface area contributed by atoms with E-state index in [0.29, 0.717) is 10.6 Å². The van der Waals surface area contributed by atoms with E-state index in [1.807, 2.05) is 32.0 Å². The van der Waals surface area contributed by atoms with E-state index in [4.69, 9.17) is 9.47 Å². The molecule has 0 aliphatic heterocycles. The van der Waals surface area contributed by atoms with Crippen LogP contribution in [0.25, 0.3) is 0 Å². The second-order valence-electron chi connectivity index (χ2n) is 6.88. The standard InChI is InChI=1S/C21H25NO4S/c1-12-8-7-9-13(2)18(12)26-14(3)19(23)22-20-17(21(24)25-4)15-10-5-6-11-16(15)27-20/h7-9,14H,5-6,10-11H2,1-4H3,(H,22,23)/t14-/m1/s1. The summed E-state index contributed by atoms with van der Waals surface area (Å²) >= 11 is 1.48. The summed E-state index contributed by atoms with van der Waals surface area (Å²) in [6.07, 6.45) is 3.25. The number of carbonyl (C=O) groups excluding carboxylic acids is 2. The molecule has 1 atom stereocenters. The maximum atomic E-state index is 12.7. The lowest BCUT2D eigenvalue weighted by Gasteiger charge is -2.18. The number of hydrogen-bond acceptors (Lipinski definition) is 5. The lowest BCUT2D eigenvalue weighted by molar-refractivity contribution is -0.122. The molecule has 144 valence electrons. The van der Waals surface area contributed by atoms with Crippen LogP contribution >= 0.6 is 11.3 Å². The number of methoxy groups -OCH3 is 1. The Kier molecular flexibility index (Phi) is 5.85. The lowest BCUT2D eigenvalue weighted by atomic mass is 9.95. The molecule has 1 aromatic heterocycles. The number of hydrogen-bond donors (Lipinski definition) is 1. The molecule has 1 amide bonds. The quantitative estimate of drug-likeness (QED) is 0.771. The molecule has 0 fully saturated rings. The fourth-order valence-electron chi connectivity index (χ4n) is 3.40. The predicted octanol–water partition coefficient (Wildman–Crippen LogP) is 4.44. The zero-order valence-corrected chi connectivity index (χ0v) is 17.0. The molecule has 2 aromatic rings. The Hall–Kier alpha value is -2.34. The van der Waals surface area contributed by atoms with Crippen LogP contribution in [-0.4, -0.2) is 25.1 Å². The van der Waals surface area contributed by atoms with Gasteiger partial charge in [0.25, 0.3) is 5.91 Å². The van der Waals surface area contributed by atoms with Crippen molar-refractivity contribution in [1.82, 2.24) is 0 Å². The van der Waals surface area contributed by atoms with Crippen LogP contribution in [0.5, 0.6) is 5.75 Å². The summed E-state index contributed by atoms with van der Waals surface area (Å²) < 4.78 is 10.9. The molecule has 6 heteroatoms. The van der Waals surface area contributed by atoms with Gasteiger partial charge in [0.05, 0.1) is 12.7 Å². The molecule has 1 N–H and O–H groups in total. The topological polar surface area (TPSA) is 64.6 Å². The van der Waals surface area contributed by atoms with E-state index in [1.54, 1.807) is 6.92 Å². The number of ether oxygens (including phenoxy) is 2. The third-order valence-electron chi connectivity index (χ3n) is 4.87. The van der Waals surface area contributed by atoms with E-state index < -0.39 is 12.1 Å². The van der Waals surface area contributed by atoms with Gasteiger partial charge >= 0.3 is 5.97 Å². The van der Waals surface area contributed by atoms with Crippen molar-refractivity contribution in [2.45, 2.75) is 52.6 Å². The van der Waals surface area contributed by atoms with Crippen molar-refractivity contribution in [3.8, 4) is 5.75 Å². The number of amides is 1. The SMILES string of the molecule is COC(=O)c1c(NC(=O)[C@@H](C)Oc2c(C)cccc2C)sc2c1CCCC2. The Morgan fingerprint density at radius 2 is 1.81 bits per heavy atom. The van der Waals surface area contributed by atoms with Gasteiger partial charge in [-0.05, 0) is 63.1 Å². The van der Waals surface area contributed by atoms with Crippen LogP contribution in [0.2, 0.25) is 0 Å². The highest BCUT2D eigenvalue weighted by molar-refractivity contribution is 7.17. The van der Waals surface area contributed by atoms with Gasteiger partial charge in [-0.25, -0.2) is 4.79 Å². The van der Waals surface area contributed by atoms with Crippen molar-refractivity contribution in [2.75, 3.05) is 12.4 Å². The predicted molar refractivity (Wildman–Crippen MR) is 107 cm³/mol. The van der Waals surface area contributed by atoms with Gasteiger partial charge in [-0.3, -0.25) is 4.79 Å². The highest BCUT2D eigenvalue weighted by Crippen LogP contribution is 2.38. The Morgan fingerprint density at radius 1 is 1.15 bits per heavy atom. The number of fused-ring (bicyclic) bond motifs is 1. The fourth-order valence-corrected chi connectivity index (χ4v) is 4.68. The minimum atomic E-state index is -0.686. The van der Waals surface area contributed by atoms with Crippen molar-refractivity contribution in [2.24, 2.45) is 0 Å². The van der Waals surface area contributed by atoms with Crippen molar-refractivity contribution in [3.05, 3.63) is 45.3 Å². The zero-order chi connectivity index (χ0) is 19.6. The maximum absolute atomic E-state index is 12.7. The molecule has 0 bridgehead atoms. The molecule has 1 aromatic carbocycles. The van der Waals surface area contributed by atoms with Crippen molar-refractivity contribution < 1.29 is 19.1 Å². The van der Waals surface area contributed by atoms with Gasteiger partial charge in [0, 0.05) is 4.88 Å². The van der Waals surface area contributed by atoms with Crippen LogP contribution < -0.4 is 10.1 Å². The Labute approximate surface area is 163 Å². The Balaban J connectivity index is 1.81. The van der Waals surface area contributed by atoms with Crippen LogP contribution in [0, 0.1) is 13.8 Å². The van der Waals surface area contributed by atoms with Crippen LogP contribution in [0.15, 0.2) is 18.2 Å². The van der Waals surface area contributed by atoms with Crippen molar-refractivity contribution in [3.63, 3.8) is 0 Å². The molecule has 0 saturated carbocycles. The number of aryl methyl sites for hydroxylation is 3. The molecular weight excluding hydrogens is 362 g/mol. The number of thiophene rings is 1. The molecule has 1 heterocycles. The number of benzene rings is 1. The van der Waals surface area contributed by atoms with E-state index in [9.17, 15) is 9.59 Å². The highest BCUT2D eigenvalue weighted by atomic mass is 32.1. The Morgan fingerprint density at radius 3 is 2.48 bits per heavy atom. The van der Waals surface area contributed by atoms with Gasteiger partial charge in [0.1, 0.15) is 10.8 Å². The van der Waals surface area contributed by atoms with Crippen LogP contribution in [0.1, 0.15) is 51.7 Å². The minimum absolute atomic E-state index is 0.276. The fraction of sp³-hybridized carbons (Fsp3) is 0.429. The minimum Gasteiger partial charge on any atom is -0.480 e. The smallest absolute Gasteiger partial charge is 0.341 e. The number of nitrogens with one attached hydrogen (secondary N) is 1. The summed E-state index contributed by atoms with van der Waals surface area (Å²) in [7, 11) is 1.37. The number of rotatable bonds is 5. The second-order valence-corrected chi connectivity index (χ2v) is 7.98. The summed E-state index contributed by atoms with van der Waals surface area (Å²) in [5, 5.41) is 3.46. The van der Waals surface area contributed by atoms with E-state index >= 15 is 0 Å². The molecule has 27 heavy (non-hydrogen) atoms. The largest absolute Gasteiger partial charge is 0.480 e. The number of anilines is 1. The monoisotopic (exact) mass is 387 g/mol. The first-order valence-electron chi connectivity index (χ1n) is 9.19. The first kappa shape index (κ1) is 19.4. The van der Waals surface area contributed by atoms with E-state index in [2.05, 4.69) is 5.32 Å². The average Bonchev–Trinajstić information content (AvgIpc) is 3.01. The van der Waals surface area contributed by atoms with Gasteiger partial charge in [-0.2, -0.15) is 0 Å². The lowest BCUT2D eigenvalue weighted by Crippen LogP contribution is -2.30. The molecule has 1 aliphatic rings. The summed E-state index contributed by atoms with van der Waals surface area (Å²) in [5.74, 6) is 0.0493. The van der Waals surface area contributed by atoms with Crippen LogP contribution in [-0.2, 0) is 22.4 Å². The molecule has 1 aliphatic carbocycles. The first-order valence-corrected chi connectivity index (χ1v) is 10.0. The van der Waals surface area contributed by atoms with Crippen molar-refractivity contribution >= 4 is 28.2 Å². The molecule has 0 spiro atoms. The number of esters is 1. The normalized spacial score (nSPS) is 14.2. The van der Waals surface area contributed by atoms with Crippen LogP contribution in [0.3, 0.4) is 0 Å². The highest BCUT2D eigenvalue weighted by Gasteiger charge is 2.28. The Bertz CT molecular complexity index is 851. The number of carbonyl (C=O) groups is 2. The summed E-state index contributed by atoms with van der Waals surface area (Å²) in [6, 6.07) is 5.87. The van der Waals surface area contributed by atoms with Crippen molar-refractivity contribution in [1.29, 1.82) is 0 Å². The third kappa shape index (κ3) is 4.00. The van der Waals surface area contributed by atoms with E-state index in [1.165, 1.54) is 23.3 Å². The van der Waals surface area contributed by atoms with Gasteiger partial charge < -0.3 is 14.8 Å². The van der Waals surface area contributed by atoms with Gasteiger partial charge in [-0.15, -0.1) is 11.3 Å². The third-order valence-corrected chi connectivity index (χ3v) is 6.08. The molecular formula is C21H25NO4S. The molecule has 0 radical (unpaired) electrons. The van der Waals surface area contributed by atoms with Gasteiger partial charge in [0.15, 0.2) is 6.10 Å². The second kappa shape index (κ2) is 8.13. The van der Waals surface area contributed by atoms with E-state index in [-0.39, 0.29) is 5.91 Å². The number of para-hydroxylation sites is 1. The van der Waals surface area contributed by atoms with E-state index in [0.717, 1.165) is 48.1 Å². The summed E-state index contributed by atoms with van der Waals surface area (Å²) in [5.41, 5.74) is 3.49. The summed E-state index contributed by atoms with van der Waals surface area (Å²) in [4.78, 5) is 26.2. The molecule has 0 saturated heterocycles. The van der Waals surface area contributed by atoms with Crippen LogP contribution in [0.4, 0.5) is 5.00 Å². The first-order chi connectivity index (χ1) is 12.9. The summed E-state index contributed by atoms with van der Waals surface area (Å²) in [6.45, 7) is 5.62. The zero-order valence-electron chi connectivity index (χ0n) is 16.2. The molecule has 5 nitrogen and oxygen atoms in total. The maximum Gasteiger partial charge on any atom is 0.341 e. The molecule has 0 unspecified atom stereocenters. The van der Waals surface area contributed by atoms with Gasteiger partial charge in [0.2, 0.25) is 0 Å². The molecule has 3 rings (SSSR count). The van der Waals surface area contributed by atoms with Gasteiger partial charge in [-0.1, -0.05) is 18.2 Å².